The Kier molecular flexibility index (Phi) is 4.79. The van der Waals surface area contributed by atoms with Crippen molar-refractivity contribution < 1.29 is 9.00 Å². The second-order valence-electron chi connectivity index (χ2n) is 4.31. The van der Waals surface area contributed by atoms with Crippen LogP contribution in [0, 0.1) is 0 Å². The molecule has 0 spiro atoms. The van der Waals surface area contributed by atoms with Gasteiger partial charge in [-0.1, -0.05) is 26.2 Å². The summed E-state index contributed by atoms with van der Waals surface area (Å²) in [5.41, 5.74) is 0. The number of carbonyl (C=O) groups is 1. The van der Waals surface area contributed by atoms with Crippen molar-refractivity contribution in [3.8, 4) is 0 Å². The van der Waals surface area contributed by atoms with E-state index in [9.17, 15) is 9.00 Å². The van der Waals surface area contributed by atoms with Gasteiger partial charge in [-0.05, 0) is 19.8 Å². The molecule has 1 aliphatic rings. The number of ketones is 1. The fourth-order valence-corrected chi connectivity index (χ4v) is 3.97. The van der Waals surface area contributed by atoms with E-state index < -0.39 is 10.8 Å². The second-order valence-corrected chi connectivity index (χ2v) is 6.43. The van der Waals surface area contributed by atoms with Crippen molar-refractivity contribution in [1.82, 2.24) is 0 Å². The molecular weight excluding hydrogens is 196 g/mol. The van der Waals surface area contributed by atoms with Crippen LogP contribution in [0.1, 0.15) is 52.4 Å². The van der Waals surface area contributed by atoms with Gasteiger partial charge in [0.15, 0.2) is 0 Å². The van der Waals surface area contributed by atoms with E-state index in [1.807, 2.05) is 6.92 Å². The quantitative estimate of drug-likeness (QED) is 0.723. The second kappa shape index (κ2) is 5.64. The van der Waals surface area contributed by atoms with E-state index in [-0.39, 0.29) is 11.0 Å². The number of Topliss-reactive ketones (excluding diaryl/α,β-unsaturated/α-hetero) is 1. The molecule has 0 saturated heterocycles. The summed E-state index contributed by atoms with van der Waals surface area (Å²) in [7, 11) is -0.793. The van der Waals surface area contributed by atoms with Crippen LogP contribution in [-0.4, -0.2) is 20.5 Å². The molecule has 0 bridgehead atoms. The van der Waals surface area contributed by atoms with Crippen molar-refractivity contribution >= 4 is 16.6 Å². The van der Waals surface area contributed by atoms with Crippen LogP contribution in [0.3, 0.4) is 0 Å². The van der Waals surface area contributed by atoms with Gasteiger partial charge in [0.25, 0.3) is 0 Å². The molecule has 14 heavy (non-hydrogen) atoms. The van der Waals surface area contributed by atoms with Gasteiger partial charge >= 0.3 is 0 Å². The predicted molar refractivity (Wildman–Crippen MR) is 59.8 cm³/mol. The molecule has 1 fully saturated rings. The predicted octanol–water partition coefficient (Wildman–Crippen LogP) is 2.44. The number of hydrogen-bond donors (Lipinski definition) is 0. The Morgan fingerprint density at radius 3 is 2.43 bits per heavy atom. The molecule has 1 aliphatic carbocycles. The highest BCUT2D eigenvalue weighted by Gasteiger charge is 2.24. The van der Waals surface area contributed by atoms with Crippen molar-refractivity contribution in [2.45, 2.75) is 62.9 Å². The lowest BCUT2D eigenvalue weighted by atomic mass is 10.0. The van der Waals surface area contributed by atoms with E-state index in [1.54, 1.807) is 6.92 Å². The van der Waals surface area contributed by atoms with Gasteiger partial charge in [-0.2, -0.15) is 0 Å². The summed E-state index contributed by atoms with van der Waals surface area (Å²) in [5.74, 6) is 0.154. The standard InChI is InChI=1S/C11H20O2S/c1-9(12)8-10(2)14(13)11-6-4-3-5-7-11/h10-11H,3-8H2,1-2H3. The first-order valence-corrected chi connectivity index (χ1v) is 6.77. The first-order valence-electron chi connectivity index (χ1n) is 5.50. The Labute approximate surface area is 88.9 Å². The van der Waals surface area contributed by atoms with Crippen LogP contribution in [-0.2, 0) is 15.6 Å². The van der Waals surface area contributed by atoms with Crippen molar-refractivity contribution in [1.29, 1.82) is 0 Å². The van der Waals surface area contributed by atoms with E-state index in [0.29, 0.717) is 11.7 Å². The van der Waals surface area contributed by atoms with E-state index in [4.69, 9.17) is 0 Å². The van der Waals surface area contributed by atoms with Gasteiger partial charge in [0.1, 0.15) is 5.78 Å². The Morgan fingerprint density at radius 2 is 1.93 bits per heavy atom. The van der Waals surface area contributed by atoms with Crippen molar-refractivity contribution in [3.05, 3.63) is 0 Å². The molecule has 2 nitrogen and oxygen atoms in total. The Hall–Kier alpha value is -0.180. The molecule has 0 aliphatic heterocycles. The van der Waals surface area contributed by atoms with Gasteiger partial charge in [-0.15, -0.1) is 0 Å². The van der Waals surface area contributed by atoms with E-state index >= 15 is 0 Å². The summed E-state index contributed by atoms with van der Waals surface area (Å²) < 4.78 is 12.0. The Bertz CT molecular complexity index is 219. The Morgan fingerprint density at radius 1 is 1.36 bits per heavy atom. The lowest BCUT2D eigenvalue weighted by molar-refractivity contribution is -0.116. The normalized spacial score (nSPS) is 23.0. The maximum atomic E-state index is 12.0. The fourth-order valence-electron chi connectivity index (χ4n) is 2.11. The van der Waals surface area contributed by atoms with Crippen LogP contribution in [0.5, 0.6) is 0 Å². The molecule has 0 heterocycles. The fraction of sp³-hybridized carbons (Fsp3) is 0.909. The summed E-state index contributed by atoms with van der Waals surface area (Å²) >= 11 is 0. The van der Waals surface area contributed by atoms with Gasteiger partial charge in [-0.25, -0.2) is 0 Å². The first kappa shape index (κ1) is 11.9. The molecule has 0 aromatic carbocycles. The number of rotatable bonds is 4. The van der Waals surface area contributed by atoms with Gasteiger partial charge < -0.3 is 0 Å². The van der Waals surface area contributed by atoms with E-state index in [0.717, 1.165) is 12.8 Å². The van der Waals surface area contributed by atoms with Gasteiger partial charge in [0, 0.05) is 27.7 Å². The molecule has 82 valence electrons. The molecule has 0 aromatic heterocycles. The highest BCUT2D eigenvalue weighted by molar-refractivity contribution is 7.86. The zero-order chi connectivity index (χ0) is 10.6. The van der Waals surface area contributed by atoms with Crippen LogP contribution in [0.2, 0.25) is 0 Å². The summed E-state index contributed by atoms with van der Waals surface area (Å²) in [6.45, 7) is 3.51. The molecule has 2 atom stereocenters. The minimum atomic E-state index is -0.793. The van der Waals surface area contributed by atoms with Crippen molar-refractivity contribution in [2.75, 3.05) is 0 Å². The van der Waals surface area contributed by atoms with Crippen LogP contribution in [0.25, 0.3) is 0 Å². The smallest absolute Gasteiger partial charge is 0.131 e. The third-order valence-corrected chi connectivity index (χ3v) is 4.94. The van der Waals surface area contributed by atoms with Gasteiger partial charge in [-0.3, -0.25) is 9.00 Å². The van der Waals surface area contributed by atoms with Crippen LogP contribution in [0.4, 0.5) is 0 Å². The summed E-state index contributed by atoms with van der Waals surface area (Å²) in [4.78, 5) is 10.9. The average Bonchev–Trinajstić information content (AvgIpc) is 2.17. The average molecular weight is 216 g/mol. The van der Waals surface area contributed by atoms with Crippen LogP contribution in [0.15, 0.2) is 0 Å². The lowest BCUT2D eigenvalue weighted by Gasteiger charge is -2.23. The van der Waals surface area contributed by atoms with Crippen LogP contribution < -0.4 is 0 Å². The topological polar surface area (TPSA) is 34.1 Å². The minimum absolute atomic E-state index is 0.0515. The highest BCUT2D eigenvalue weighted by atomic mass is 32.2. The largest absolute Gasteiger partial charge is 0.300 e. The zero-order valence-electron chi connectivity index (χ0n) is 9.12. The minimum Gasteiger partial charge on any atom is -0.300 e. The molecular formula is C11H20O2S. The number of carbonyl (C=O) groups excluding carboxylic acids is 1. The zero-order valence-corrected chi connectivity index (χ0v) is 9.94. The maximum absolute atomic E-state index is 12.0. The van der Waals surface area contributed by atoms with E-state index in [2.05, 4.69) is 0 Å². The molecule has 0 amide bonds. The third-order valence-electron chi connectivity index (χ3n) is 2.85. The number of hydrogen-bond acceptors (Lipinski definition) is 2. The monoisotopic (exact) mass is 216 g/mol. The molecule has 0 N–H and O–H groups in total. The highest BCUT2D eigenvalue weighted by Crippen LogP contribution is 2.24. The van der Waals surface area contributed by atoms with Crippen molar-refractivity contribution in [2.24, 2.45) is 0 Å². The van der Waals surface area contributed by atoms with Crippen LogP contribution >= 0.6 is 0 Å². The van der Waals surface area contributed by atoms with Gasteiger partial charge in [0.05, 0.1) is 0 Å². The lowest BCUT2D eigenvalue weighted by Crippen LogP contribution is -2.27. The van der Waals surface area contributed by atoms with Gasteiger partial charge in [0.2, 0.25) is 0 Å². The first-order chi connectivity index (χ1) is 6.61. The molecule has 0 aromatic rings. The molecule has 1 saturated carbocycles. The third kappa shape index (κ3) is 3.52. The molecule has 0 radical (unpaired) electrons. The van der Waals surface area contributed by atoms with Crippen molar-refractivity contribution in [3.63, 3.8) is 0 Å². The molecule has 2 unspecified atom stereocenters. The Balaban J connectivity index is 2.42. The van der Waals surface area contributed by atoms with E-state index in [1.165, 1.54) is 19.3 Å². The molecule has 3 heteroatoms. The maximum Gasteiger partial charge on any atom is 0.131 e. The SMILES string of the molecule is CC(=O)CC(C)S(=O)C1CCCCC1. The summed E-state index contributed by atoms with van der Waals surface area (Å²) in [6.07, 6.45) is 6.37. The summed E-state index contributed by atoms with van der Waals surface area (Å²) in [5, 5.41) is 0.411. The molecule has 1 rings (SSSR count). The summed E-state index contributed by atoms with van der Waals surface area (Å²) in [6, 6.07) is 0.